The Kier molecular flexibility index (Phi) is 12.1. The van der Waals surface area contributed by atoms with Crippen LogP contribution >= 0.6 is 38.6 Å². The lowest BCUT2D eigenvalue weighted by molar-refractivity contribution is -0.191. The predicted octanol–water partition coefficient (Wildman–Crippen LogP) is 11.2. The number of hydrogen-bond donors (Lipinski definition) is 1. The molecule has 0 aliphatic rings. The van der Waals surface area contributed by atoms with Gasteiger partial charge in [0, 0.05) is 50.5 Å². The van der Waals surface area contributed by atoms with Crippen molar-refractivity contribution in [3.05, 3.63) is 160 Å². The highest BCUT2D eigenvalue weighted by Gasteiger charge is 2.08. The molecule has 2 aromatic heterocycles. The molecule has 0 aliphatic carbocycles. The fourth-order valence-corrected chi connectivity index (χ4v) is 8.23. The number of fused-ring (bicyclic) bond motifs is 6. The van der Waals surface area contributed by atoms with Gasteiger partial charge in [0.25, 0.3) is 0 Å². The molecule has 8 heteroatoms. The zero-order chi connectivity index (χ0) is 34.8. The summed E-state index contributed by atoms with van der Waals surface area (Å²) in [6.07, 6.45) is 1.26. The number of benzene rings is 6. The number of anilines is 1. The van der Waals surface area contributed by atoms with Crippen molar-refractivity contribution in [2.24, 2.45) is 0 Å². The summed E-state index contributed by atoms with van der Waals surface area (Å²) in [5, 5.41) is 5.47. The Morgan fingerprint density at radius 1 is 0.673 bits per heavy atom. The Morgan fingerprint density at radius 3 is 1.80 bits per heavy atom. The minimum atomic E-state index is -0.400. The third-order valence-corrected chi connectivity index (χ3v) is 10.6. The average molecular weight is 747 g/mol. The van der Waals surface area contributed by atoms with E-state index in [2.05, 4.69) is 137 Å². The van der Waals surface area contributed by atoms with Crippen LogP contribution in [-0.2, 0) is 20.7 Å². The first-order chi connectivity index (χ1) is 23.8. The van der Waals surface area contributed by atoms with Crippen molar-refractivity contribution in [2.45, 2.75) is 13.3 Å². The number of nitrogen functional groups attached to an aromatic ring is 1. The minimum Gasteiger partial charge on any atom is -0.465 e. The molecule has 0 saturated heterocycles. The Bertz CT molecular complexity index is 2410. The van der Waals surface area contributed by atoms with Gasteiger partial charge in [0.2, 0.25) is 0 Å². The SMILES string of the molecule is Brc1ccc2c(c1)sc1ccccc12.COC(=O)c1ccccc1N.Cc1ccccc1Cc1ccc2c(c1)sc1ccccc12.O=C=O. The number of para-hydroxylation sites is 1. The molecule has 0 radical (unpaired) electrons. The lowest BCUT2D eigenvalue weighted by atomic mass is 10.00. The number of thiophene rings is 2. The van der Waals surface area contributed by atoms with E-state index in [1.54, 1.807) is 24.3 Å². The average Bonchev–Trinajstić information content (AvgIpc) is 3.67. The van der Waals surface area contributed by atoms with E-state index in [9.17, 15) is 4.79 Å². The molecule has 0 atom stereocenters. The van der Waals surface area contributed by atoms with Gasteiger partial charge in [0.15, 0.2) is 0 Å². The highest BCUT2D eigenvalue weighted by Crippen LogP contribution is 2.36. The molecule has 8 aromatic rings. The number of carbonyl (C=O) groups excluding carboxylic acids is 3. The molecule has 0 bridgehead atoms. The topological polar surface area (TPSA) is 86.5 Å². The number of ether oxygens (including phenoxy) is 1. The normalized spacial score (nSPS) is 10.3. The van der Waals surface area contributed by atoms with E-state index < -0.39 is 5.97 Å². The van der Waals surface area contributed by atoms with Gasteiger partial charge in [-0.25, -0.2) is 4.79 Å². The standard InChI is InChI=1S/C20H16S.C12H7BrS.C8H9NO2.CO2/c1-14-6-2-3-7-16(14)12-15-10-11-18-17-8-4-5-9-19(17)21-20(18)13-15;13-8-5-6-10-9-3-1-2-4-11(9)14-12(10)7-8;1-11-8(10)6-4-2-3-5-7(6)9;2-1-3/h2-11,13H,12H2,1H3;1-7H;2-5H,9H2,1H3;. The molecule has 0 spiro atoms. The summed E-state index contributed by atoms with van der Waals surface area (Å²) in [7, 11) is 1.33. The highest BCUT2D eigenvalue weighted by atomic mass is 79.9. The molecule has 49 heavy (non-hydrogen) atoms. The monoisotopic (exact) mass is 745 g/mol. The van der Waals surface area contributed by atoms with Gasteiger partial charge in [0.05, 0.1) is 12.7 Å². The summed E-state index contributed by atoms with van der Waals surface area (Å²) in [6, 6.07) is 46.0. The smallest absolute Gasteiger partial charge is 0.373 e. The third kappa shape index (κ3) is 8.68. The first-order valence-corrected chi connectivity index (χ1v) is 17.7. The number of aryl methyl sites for hydroxylation is 1. The Morgan fingerprint density at radius 2 is 1.18 bits per heavy atom. The second-order valence-corrected chi connectivity index (χ2v) is 14.0. The van der Waals surface area contributed by atoms with Crippen LogP contribution in [0.25, 0.3) is 40.3 Å². The van der Waals surface area contributed by atoms with Crippen molar-refractivity contribution in [1.29, 1.82) is 0 Å². The molecule has 6 aromatic carbocycles. The van der Waals surface area contributed by atoms with Gasteiger partial charge in [-0.15, -0.1) is 22.7 Å². The van der Waals surface area contributed by atoms with Crippen LogP contribution in [0.15, 0.2) is 138 Å². The van der Waals surface area contributed by atoms with Crippen molar-refractivity contribution in [1.82, 2.24) is 0 Å². The summed E-state index contributed by atoms with van der Waals surface area (Å²) in [5.74, 6) is -0.400. The Labute approximate surface area is 300 Å². The quantitative estimate of drug-likeness (QED) is 0.144. The fraction of sp³-hybridized carbons (Fsp3) is 0.0732. The molecule has 8 rings (SSSR count). The zero-order valence-electron chi connectivity index (χ0n) is 26.8. The maximum absolute atomic E-state index is 10.9. The van der Waals surface area contributed by atoms with E-state index >= 15 is 0 Å². The highest BCUT2D eigenvalue weighted by molar-refractivity contribution is 9.10. The van der Waals surface area contributed by atoms with E-state index in [4.69, 9.17) is 15.3 Å². The number of hydrogen-bond acceptors (Lipinski definition) is 7. The molecule has 0 unspecified atom stereocenters. The number of esters is 1. The van der Waals surface area contributed by atoms with Crippen molar-refractivity contribution in [3.63, 3.8) is 0 Å². The second-order valence-electron chi connectivity index (χ2n) is 10.9. The molecule has 0 saturated carbocycles. The predicted molar refractivity (Wildman–Crippen MR) is 208 cm³/mol. The van der Waals surface area contributed by atoms with Crippen molar-refractivity contribution < 1.29 is 19.1 Å². The van der Waals surface area contributed by atoms with Crippen LogP contribution in [-0.4, -0.2) is 19.2 Å². The van der Waals surface area contributed by atoms with Crippen LogP contribution in [0.4, 0.5) is 5.69 Å². The number of carbonyl (C=O) groups is 1. The Balaban J connectivity index is 0.000000146. The summed E-state index contributed by atoms with van der Waals surface area (Å²) < 4.78 is 11.1. The van der Waals surface area contributed by atoms with E-state index in [0.29, 0.717) is 11.3 Å². The van der Waals surface area contributed by atoms with Gasteiger partial charge < -0.3 is 10.5 Å². The second kappa shape index (κ2) is 16.8. The molecule has 0 aliphatic heterocycles. The van der Waals surface area contributed by atoms with Crippen LogP contribution in [0.2, 0.25) is 0 Å². The van der Waals surface area contributed by atoms with Gasteiger partial charge in [0.1, 0.15) is 0 Å². The van der Waals surface area contributed by atoms with Gasteiger partial charge in [-0.2, -0.15) is 9.59 Å². The third-order valence-electron chi connectivity index (χ3n) is 7.81. The summed E-state index contributed by atoms with van der Waals surface area (Å²) in [5.41, 5.74) is 10.5. The van der Waals surface area contributed by atoms with Crippen LogP contribution in [0.1, 0.15) is 27.0 Å². The lowest BCUT2D eigenvalue weighted by Crippen LogP contribution is -2.04. The van der Waals surface area contributed by atoms with Crippen LogP contribution in [0.3, 0.4) is 0 Å². The largest absolute Gasteiger partial charge is 0.465 e. The summed E-state index contributed by atoms with van der Waals surface area (Å²) >= 11 is 7.23. The fourth-order valence-electron chi connectivity index (χ4n) is 5.40. The minimum absolute atomic E-state index is 0.250. The maximum Gasteiger partial charge on any atom is 0.373 e. The maximum atomic E-state index is 10.9. The number of rotatable bonds is 3. The molecule has 2 N–H and O–H groups in total. The van der Waals surface area contributed by atoms with Crippen LogP contribution < -0.4 is 5.73 Å². The number of nitrogens with two attached hydrogens (primary N) is 1. The van der Waals surface area contributed by atoms with Crippen LogP contribution in [0.5, 0.6) is 0 Å². The first kappa shape index (κ1) is 35.2. The van der Waals surface area contributed by atoms with Crippen LogP contribution in [0, 0.1) is 6.92 Å². The molecule has 2 heterocycles. The van der Waals surface area contributed by atoms with Gasteiger partial charge in [-0.05, 0) is 72.5 Å². The molecular weight excluding hydrogens is 714 g/mol. The van der Waals surface area contributed by atoms with Crippen molar-refractivity contribution in [2.75, 3.05) is 12.8 Å². The van der Waals surface area contributed by atoms with Gasteiger partial charge in [-0.3, -0.25) is 0 Å². The first-order valence-electron chi connectivity index (χ1n) is 15.3. The summed E-state index contributed by atoms with van der Waals surface area (Å²) in [6.45, 7) is 2.19. The number of halogens is 1. The van der Waals surface area contributed by atoms with E-state index in [0.717, 1.165) is 10.9 Å². The van der Waals surface area contributed by atoms with Gasteiger partial charge >= 0.3 is 12.1 Å². The van der Waals surface area contributed by atoms with E-state index in [1.807, 2.05) is 22.7 Å². The molecular formula is C41H32BrNO4S2. The summed E-state index contributed by atoms with van der Waals surface area (Å²) in [4.78, 5) is 27.2. The van der Waals surface area contributed by atoms with E-state index in [-0.39, 0.29) is 6.15 Å². The molecule has 0 amide bonds. The van der Waals surface area contributed by atoms with Crippen molar-refractivity contribution in [3.8, 4) is 0 Å². The zero-order valence-corrected chi connectivity index (χ0v) is 30.0. The number of methoxy groups -OCH3 is 1. The molecule has 244 valence electrons. The van der Waals surface area contributed by atoms with Gasteiger partial charge in [-0.1, -0.05) is 107 Å². The Hall–Kier alpha value is -5.11. The van der Waals surface area contributed by atoms with Crippen molar-refractivity contribution >= 4 is 96.8 Å². The van der Waals surface area contributed by atoms with E-state index in [1.165, 1.54) is 64.1 Å². The molecule has 5 nitrogen and oxygen atoms in total. The lowest BCUT2D eigenvalue weighted by Gasteiger charge is -2.05. The molecule has 0 fully saturated rings.